The minimum atomic E-state index is 0.525. The fourth-order valence-electron chi connectivity index (χ4n) is 6.24. The van der Waals surface area contributed by atoms with E-state index < -0.39 is 0 Å². The van der Waals surface area contributed by atoms with Crippen LogP contribution in [0.1, 0.15) is 57.8 Å². The molecular weight excluding hydrogens is 284 g/mol. The summed E-state index contributed by atoms with van der Waals surface area (Å²) in [5.74, 6) is 1.80. The van der Waals surface area contributed by atoms with E-state index in [4.69, 9.17) is 4.74 Å². The summed E-state index contributed by atoms with van der Waals surface area (Å²) in [6, 6.07) is 0. The minimum absolute atomic E-state index is 0.525. The average Bonchev–Trinajstić information content (AvgIpc) is 3.15. The van der Waals surface area contributed by atoms with Crippen molar-refractivity contribution in [2.75, 3.05) is 46.9 Å². The number of rotatable bonds is 4. The molecule has 3 nitrogen and oxygen atoms in total. The van der Waals surface area contributed by atoms with Crippen LogP contribution in [0.4, 0.5) is 0 Å². The molecule has 2 aliphatic heterocycles. The van der Waals surface area contributed by atoms with Gasteiger partial charge in [0.1, 0.15) is 0 Å². The molecule has 0 aromatic heterocycles. The molecule has 2 saturated heterocycles. The first-order valence-corrected chi connectivity index (χ1v) is 10.1. The summed E-state index contributed by atoms with van der Waals surface area (Å²) < 4.78 is 5.36. The smallest absolute Gasteiger partial charge is 0.0528 e. The second-order valence-corrected chi connectivity index (χ2v) is 9.37. The second-order valence-electron chi connectivity index (χ2n) is 9.37. The van der Waals surface area contributed by atoms with Crippen LogP contribution in [0.3, 0.4) is 0 Å². The maximum atomic E-state index is 5.36. The van der Waals surface area contributed by atoms with Gasteiger partial charge in [0, 0.05) is 24.5 Å². The molecule has 0 amide bonds. The summed E-state index contributed by atoms with van der Waals surface area (Å²) in [5.41, 5.74) is 1.18. The van der Waals surface area contributed by atoms with Gasteiger partial charge < -0.3 is 14.5 Å². The van der Waals surface area contributed by atoms with Gasteiger partial charge in [-0.25, -0.2) is 0 Å². The van der Waals surface area contributed by atoms with Gasteiger partial charge in [0.2, 0.25) is 0 Å². The summed E-state index contributed by atoms with van der Waals surface area (Å²) in [4.78, 5) is 5.37. The summed E-state index contributed by atoms with van der Waals surface area (Å²) in [5, 5.41) is 0. The highest BCUT2D eigenvalue weighted by Crippen LogP contribution is 2.53. The molecule has 0 unspecified atom stereocenters. The molecule has 2 aliphatic carbocycles. The number of likely N-dealkylation sites (tertiary alicyclic amines) is 1. The van der Waals surface area contributed by atoms with E-state index in [0.29, 0.717) is 11.0 Å². The van der Waals surface area contributed by atoms with Crippen molar-refractivity contribution in [3.05, 3.63) is 0 Å². The normalized spacial score (nSPS) is 40.3. The minimum Gasteiger partial charge on any atom is -0.381 e. The van der Waals surface area contributed by atoms with Crippen LogP contribution >= 0.6 is 0 Å². The molecule has 132 valence electrons. The van der Waals surface area contributed by atoms with Crippen LogP contribution in [0.2, 0.25) is 0 Å². The predicted molar refractivity (Wildman–Crippen MR) is 94.6 cm³/mol. The third-order valence-electron chi connectivity index (χ3n) is 7.92. The monoisotopic (exact) mass is 320 g/mol. The van der Waals surface area contributed by atoms with Crippen molar-refractivity contribution < 1.29 is 4.74 Å². The van der Waals surface area contributed by atoms with Crippen molar-refractivity contribution >= 4 is 0 Å². The third-order valence-corrected chi connectivity index (χ3v) is 7.92. The summed E-state index contributed by atoms with van der Waals surface area (Å²) in [6.45, 7) is 6.03. The molecular formula is C20H36N2O. The van der Waals surface area contributed by atoms with E-state index in [0.717, 1.165) is 25.0 Å². The van der Waals surface area contributed by atoms with E-state index in [2.05, 4.69) is 23.9 Å². The lowest BCUT2D eigenvalue weighted by Crippen LogP contribution is -2.54. The van der Waals surface area contributed by atoms with Crippen molar-refractivity contribution in [2.24, 2.45) is 17.3 Å². The van der Waals surface area contributed by atoms with Crippen LogP contribution in [0.15, 0.2) is 0 Å². The van der Waals surface area contributed by atoms with Gasteiger partial charge in [-0.3, -0.25) is 0 Å². The molecule has 4 fully saturated rings. The van der Waals surface area contributed by atoms with Gasteiger partial charge >= 0.3 is 0 Å². The Balaban J connectivity index is 1.37. The molecule has 0 aromatic rings. The Labute approximate surface area is 142 Å². The van der Waals surface area contributed by atoms with Crippen LogP contribution in [0.25, 0.3) is 0 Å². The Kier molecular flexibility index (Phi) is 4.49. The zero-order valence-corrected chi connectivity index (χ0v) is 15.4. The standard InChI is InChI=1S/C20H36N2O/c1-21(2)20(18-5-3-4-6-18)9-7-19(8-10-20)11-12-22(16-19)13-17-14-23-15-17/h17-18H,3-16H2,1-2H3. The summed E-state index contributed by atoms with van der Waals surface area (Å²) in [6.07, 6.45) is 13.2. The summed E-state index contributed by atoms with van der Waals surface area (Å²) in [7, 11) is 4.71. The Morgan fingerprint density at radius 1 is 1.00 bits per heavy atom. The van der Waals surface area contributed by atoms with E-state index in [1.165, 1.54) is 77.4 Å². The maximum Gasteiger partial charge on any atom is 0.0528 e. The lowest BCUT2D eigenvalue weighted by Gasteiger charge is -2.52. The van der Waals surface area contributed by atoms with Crippen molar-refractivity contribution in [3.63, 3.8) is 0 Å². The van der Waals surface area contributed by atoms with Crippen LogP contribution in [-0.4, -0.2) is 62.3 Å². The Morgan fingerprint density at radius 2 is 1.70 bits per heavy atom. The molecule has 0 radical (unpaired) electrons. The van der Waals surface area contributed by atoms with E-state index >= 15 is 0 Å². The molecule has 23 heavy (non-hydrogen) atoms. The van der Waals surface area contributed by atoms with Crippen molar-refractivity contribution in [1.82, 2.24) is 9.80 Å². The molecule has 0 aromatic carbocycles. The zero-order chi connectivity index (χ0) is 15.9. The topological polar surface area (TPSA) is 15.7 Å². The van der Waals surface area contributed by atoms with Crippen LogP contribution in [0, 0.1) is 17.3 Å². The van der Waals surface area contributed by atoms with E-state index in [9.17, 15) is 0 Å². The quantitative estimate of drug-likeness (QED) is 0.790. The lowest BCUT2D eigenvalue weighted by molar-refractivity contribution is -0.0469. The molecule has 3 heteroatoms. The van der Waals surface area contributed by atoms with Gasteiger partial charge in [-0.15, -0.1) is 0 Å². The van der Waals surface area contributed by atoms with Crippen LogP contribution in [0.5, 0.6) is 0 Å². The zero-order valence-electron chi connectivity index (χ0n) is 15.4. The van der Waals surface area contributed by atoms with Crippen molar-refractivity contribution in [2.45, 2.75) is 63.3 Å². The van der Waals surface area contributed by atoms with E-state index in [1.54, 1.807) is 0 Å². The number of ether oxygens (including phenoxy) is 1. The summed E-state index contributed by atoms with van der Waals surface area (Å²) >= 11 is 0. The van der Waals surface area contributed by atoms with E-state index in [-0.39, 0.29) is 0 Å². The maximum absolute atomic E-state index is 5.36. The molecule has 2 heterocycles. The first kappa shape index (κ1) is 16.4. The van der Waals surface area contributed by atoms with Gasteiger partial charge in [0.25, 0.3) is 0 Å². The largest absolute Gasteiger partial charge is 0.381 e. The first-order valence-electron chi connectivity index (χ1n) is 10.1. The molecule has 4 rings (SSSR count). The highest BCUT2D eigenvalue weighted by molar-refractivity contribution is 5.05. The highest BCUT2D eigenvalue weighted by Gasteiger charge is 2.50. The Bertz CT molecular complexity index is 404. The van der Waals surface area contributed by atoms with E-state index in [1.807, 2.05) is 0 Å². The van der Waals surface area contributed by atoms with Crippen molar-refractivity contribution in [1.29, 1.82) is 0 Å². The predicted octanol–water partition coefficient (Wildman–Crippen LogP) is 3.39. The average molecular weight is 321 g/mol. The first-order chi connectivity index (χ1) is 11.1. The van der Waals surface area contributed by atoms with Gasteiger partial charge in [-0.2, -0.15) is 0 Å². The van der Waals surface area contributed by atoms with Gasteiger partial charge in [-0.05, 0) is 76.9 Å². The van der Waals surface area contributed by atoms with Crippen LogP contribution in [-0.2, 0) is 4.74 Å². The molecule has 0 atom stereocenters. The van der Waals surface area contributed by atoms with Crippen LogP contribution < -0.4 is 0 Å². The van der Waals surface area contributed by atoms with Gasteiger partial charge in [-0.1, -0.05) is 12.8 Å². The Morgan fingerprint density at radius 3 is 2.26 bits per heavy atom. The van der Waals surface area contributed by atoms with Gasteiger partial charge in [0.15, 0.2) is 0 Å². The molecule has 0 N–H and O–H groups in total. The number of hydrogen-bond acceptors (Lipinski definition) is 3. The SMILES string of the molecule is CN(C)C1(C2CCCC2)CCC2(CCN(CC3COC3)C2)CC1. The highest BCUT2D eigenvalue weighted by atomic mass is 16.5. The Hall–Kier alpha value is -0.120. The fraction of sp³-hybridized carbons (Fsp3) is 1.00. The second kappa shape index (κ2) is 6.31. The molecule has 1 spiro atoms. The van der Waals surface area contributed by atoms with Gasteiger partial charge in [0.05, 0.1) is 13.2 Å². The van der Waals surface area contributed by atoms with Crippen molar-refractivity contribution in [3.8, 4) is 0 Å². The number of hydrogen-bond donors (Lipinski definition) is 0. The number of nitrogens with zero attached hydrogens (tertiary/aromatic N) is 2. The molecule has 0 bridgehead atoms. The lowest BCUT2D eigenvalue weighted by atomic mass is 9.62. The molecule has 4 aliphatic rings. The third kappa shape index (κ3) is 2.98. The molecule has 2 saturated carbocycles. The fourth-order valence-corrected chi connectivity index (χ4v) is 6.24.